The molecule has 0 aromatic carbocycles. The molecular formula is C12H9ClF3NOS. The molecule has 7 heteroatoms. The van der Waals surface area contributed by atoms with Gasteiger partial charge >= 0.3 is 6.18 Å². The fraction of sp³-hybridized carbons (Fsp3) is 0.250. The molecule has 0 aliphatic carbocycles. The van der Waals surface area contributed by atoms with E-state index in [1.54, 1.807) is 12.3 Å². The van der Waals surface area contributed by atoms with Crippen LogP contribution in [0.4, 0.5) is 13.2 Å². The minimum absolute atomic E-state index is 0.167. The zero-order chi connectivity index (χ0) is 14.2. The summed E-state index contributed by atoms with van der Waals surface area (Å²) in [5.41, 5.74) is -0.0509. The zero-order valence-electron chi connectivity index (χ0n) is 9.70. The van der Waals surface area contributed by atoms with Gasteiger partial charge in [0.1, 0.15) is 17.0 Å². The lowest BCUT2D eigenvalue weighted by atomic mass is 10.1. The predicted molar refractivity (Wildman–Crippen MR) is 67.4 cm³/mol. The molecule has 19 heavy (non-hydrogen) atoms. The molecule has 0 bridgehead atoms. The lowest BCUT2D eigenvalue weighted by Gasteiger charge is -2.13. The molecule has 102 valence electrons. The number of aromatic nitrogens is 1. The van der Waals surface area contributed by atoms with Crippen molar-refractivity contribution in [3.63, 3.8) is 0 Å². The maximum absolute atomic E-state index is 12.5. The van der Waals surface area contributed by atoms with Gasteiger partial charge in [0.25, 0.3) is 0 Å². The quantitative estimate of drug-likeness (QED) is 0.843. The van der Waals surface area contributed by atoms with Gasteiger partial charge in [-0.1, -0.05) is 17.7 Å². The third-order valence-electron chi connectivity index (χ3n) is 2.61. The Morgan fingerprint density at radius 3 is 2.47 bits per heavy atom. The summed E-state index contributed by atoms with van der Waals surface area (Å²) >= 11 is 7.05. The molecule has 2 rings (SSSR count). The van der Waals surface area contributed by atoms with Crippen LogP contribution in [-0.2, 0) is 6.18 Å². The molecule has 2 aromatic heterocycles. The first-order chi connectivity index (χ1) is 8.80. The second-order valence-electron chi connectivity index (χ2n) is 3.94. The largest absolute Gasteiger partial charge is 0.433 e. The van der Waals surface area contributed by atoms with E-state index in [2.05, 4.69) is 4.98 Å². The molecule has 0 radical (unpaired) electrons. The summed E-state index contributed by atoms with van der Waals surface area (Å²) in [4.78, 5) is 3.93. The van der Waals surface area contributed by atoms with Crippen LogP contribution in [0.15, 0.2) is 23.6 Å². The van der Waals surface area contributed by atoms with Gasteiger partial charge in [0, 0.05) is 10.4 Å². The maximum Gasteiger partial charge on any atom is 0.433 e. The molecule has 0 amide bonds. The Hall–Kier alpha value is -1.11. The monoisotopic (exact) mass is 307 g/mol. The summed E-state index contributed by atoms with van der Waals surface area (Å²) in [5, 5.41) is 11.6. The molecule has 2 aromatic rings. The molecule has 1 unspecified atom stereocenters. The molecule has 1 N–H and O–H groups in total. The van der Waals surface area contributed by atoms with Crippen molar-refractivity contribution in [2.24, 2.45) is 0 Å². The molecule has 2 heterocycles. The Labute approximate surface area is 116 Å². The minimum Gasteiger partial charge on any atom is -0.383 e. The lowest BCUT2D eigenvalue weighted by Crippen LogP contribution is -2.10. The van der Waals surface area contributed by atoms with Crippen LogP contribution in [0.3, 0.4) is 0 Å². The van der Waals surface area contributed by atoms with Gasteiger partial charge in [-0.05, 0) is 30.0 Å². The topological polar surface area (TPSA) is 33.1 Å². The number of aliphatic hydroxyl groups is 1. The number of alkyl halides is 3. The van der Waals surface area contributed by atoms with Crippen molar-refractivity contribution in [2.45, 2.75) is 19.2 Å². The fourth-order valence-corrected chi connectivity index (χ4v) is 2.80. The molecule has 0 fully saturated rings. The molecule has 0 saturated carbocycles. The molecule has 0 saturated heterocycles. The molecular weight excluding hydrogens is 299 g/mol. The van der Waals surface area contributed by atoms with Crippen molar-refractivity contribution in [3.05, 3.63) is 50.4 Å². The third kappa shape index (κ3) is 2.91. The van der Waals surface area contributed by atoms with Crippen LogP contribution in [0.25, 0.3) is 0 Å². The Bertz CT molecular complexity index is 597. The standard InChI is InChI=1S/C12H9ClF3NOS/c1-6-4-5-19-10(6)9(18)7-2-3-8(12(14,15)16)17-11(7)13/h2-5,9,18H,1H3. The maximum atomic E-state index is 12.5. The number of hydrogen-bond acceptors (Lipinski definition) is 3. The van der Waals surface area contributed by atoms with Gasteiger partial charge in [-0.25, -0.2) is 4.98 Å². The van der Waals surface area contributed by atoms with Crippen LogP contribution in [0.2, 0.25) is 5.15 Å². The second-order valence-corrected chi connectivity index (χ2v) is 5.25. The number of aliphatic hydroxyl groups excluding tert-OH is 1. The number of halogens is 4. The predicted octanol–water partition coefficient (Wildman–Crippen LogP) is 4.21. The molecule has 1 atom stereocenters. The number of thiophene rings is 1. The molecule has 2 nitrogen and oxygen atoms in total. The van der Waals surface area contributed by atoms with Crippen LogP contribution in [0, 0.1) is 6.92 Å². The van der Waals surface area contributed by atoms with Gasteiger partial charge in [-0.3, -0.25) is 0 Å². The summed E-state index contributed by atoms with van der Waals surface area (Å²) in [6, 6.07) is 3.78. The van der Waals surface area contributed by atoms with Gasteiger partial charge in [0.05, 0.1) is 0 Å². The Morgan fingerprint density at radius 2 is 2.00 bits per heavy atom. The number of aryl methyl sites for hydroxylation is 1. The summed E-state index contributed by atoms with van der Waals surface area (Å²) in [6.45, 7) is 1.81. The summed E-state index contributed by atoms with van der Waals surface area (Å²) in [7, 11) is 0. The van der Waals surface area contributed by atoms with Gasteiger partial charge in [0.15, 0.2) is 0 Å². The normalized spacial score (nSPS) is 13.6. The van der Waals surface area contributed by atoms with Crippen molar-refractivity contribution >= 4 is 22.9 Å². The first kappa shape index (κ1) is 14.3. The highest BCUT2D eigenvalue weighted by Crippen LogP contribution is 2.35. The molecule has 0 spiro atoms. The van der Waals surface area contributed by atoms with E-state index >= 15 is 0 Å². The fourth-order valence-electron chi connectivity index (χ4n) is 1.61. The zero-order valence-corrected chi connectivity index (χ0v) is 11.3. The Morgan fingerprint density at radius 1 is 1.32 bits per heavy atom. The van der Waals surface area contributed by atoms with E-state index in [-0.39, 0.29) is 10.7 Å². The van der Waals surface area contributed by atoms with E-state index < -0.39 is 18.0 Å². The summed E-state index contributed by atoms with van der Waals surface area (Å²) in [6.07, 6.45) is -5.62. The third-order valence-corrected chi connectivity index (χ3v) is 3.99. The van der Waals surface area contributed by atoms with E-state index in [1.165, 1.54) is 11.3 Å². The Kier molecular flexibility index (Phi) is 3.85. The van der Waals surface area contributed by atoms with Crippen LogP contribution >= 0.6 is 22.9 Å². The van der Waals surface area contributed by atoms with Gasteiger partial charge in [-0.15, -0.1) is 11.3 Å². The van der Waals surface area contributed by atoms with E-state index in [9.17, 15) is 18.3 Å². The van der Waals surface area contributed by atoms with Gasteiger partial charge < -0.3 is 5.11 Å². The smallest absolute Gasteiger partial charge is 0.383 e. The van der Waals surface area contributed by atoms with Crippen molar-refractivity contribution in [3.8, 4) is 0 Å². The van der Waals surface area contributed by atoms with Crippen molar-refractivity contribution in [1.29, 1.82) is 0 Å². The number of pyridine rings is 1. The average Bonchev–Trinajstić information content (AvgIpc) is 2.73. The summed E-state index contributed by atoms with van der Waals surface area (Å²) in [5.74, 6) is 0. The number of nitrogens with zero attached hydrogens (tertiary/aromatic N) is 1. The summed E-state index contributed by atoms with van der Waals surface area (Å²) < 4.78 is 37.4. The molecule has 0 aliphatic rings. The van der Waals surface area contributed by atoms with E-state index in [0.717, 1.165) is 17.7 Å². The van der Waals surface area contributed by atoms with E-state index in [4.69, 9.17) is 11.6 Å². The Balaban J connectivity index is 2.39. The highest BCUT2D eigenvalue weighted by atomic mass is 35.5. The first-order valence-electron chi connectivity index (χ1n) is 5.26. The number of rotatable bonds is 2. The van der Waals surface area contributed by atoms with Crippen LogP contribution < -0.4 is 0 Å². The van der Waals surface area contributed by atoms with Gasteiger partial charge in [-0.2, -0.15) is 13.2 Å². The lowest BCUT2D eigenvalue weighted by molar-refractivity contribution is -0.141. The SMILES string of the molecule is Cc1ccsc1C(O)c1ccc(C(F)(F)F)nc1Cl. The van der Waals surface area contributed by atoms with Crippen molar-refractivity contribution in [2.75, 3.05) is 0 Å². The average molecular weight is 308 g/mol. The van der Waals surface area contributed by atoms with Crippen LogP contribution in [0.1, 0.15) is 27.8 Å². The van der Waals surface area contributed by atoms with Gasteiger partial charge in [0.2, 0.25) is 0 Å². The highest BCUT2D eigenvalue weighted by Gasteiger charge is 2.33. The van der Waals surface area contributed by atoms with E-state index in [1.807, 2.05) is 6.07 Å². The van der Waals surface area contributed by atoms with Crippen molar-refractivity contribution < 1.29 is 18.3 Å². The van der Waals surface area contributed by atoms with Crippen molar-refractivity contribution in [1.82, 2.24) is 4.98 Å². The minimum atomic E-state index is -4.55. The van der Waals surface area contributed by atoms with E-state index in [0.29, 0.717) is 4.88 Å². The van der Waals surface area contributed by atoms with Crippen LogP contribution in [0.5, 0.6) is 0 Å². The number of hydrogen-bond donors (Lipinski definition) is 1. The molecule has 0 aliphatic heterocycles. The highest BCUT2D eigenvalue weighted by molar-refractivity contribution is 7.10. The van der Waals surface area contributed by atoms with Crippen LogP contribution in [-0.4, -0.2) is 10.1 Å². The first-order valence-corrected chi connectivity index (χ1v) is 6.52. The second kappa shape index (κ2) is 5.11.